The first-order chi connectivity index (χ1) is 18.5. The van der Waals surface area contributed by atoms with Crippen molar-refractivity contribution in [3.8, 4) is 5.75 Å². The van der Waals surface area contributed by atoms with Crippen LogP contribution in [-0.4, -0.2) is 56.5 Å². The second kappa shape index (κ2) is 11.3. The van der Waals surface area contributed by atoms with Crippen LogP contribution in [0.25, 0.3) is 0 Å². The number of ether oxygens (including phenoxy) is 1. The maximum Gasteiger partial charge on any atom is 0.325 e. The third-order valence-corrected chi connectivity index (χ3v) is 7.16. The molecular formula is C30H36N4O5. The largest absolute Gasteiger partial charge is 0.497 e. The van der Waals surface area contributed by atoms with Gasteiger partial charge in [0.25, 0.3) is 0 Å². The minimum atomic E-state index is -1.14. The number of nitrogens with one attached hydrogen (secondary N) is 1. The van der Waals surface area contributed by atoms with Gasteiger partial charge in [-0.1, -0.05) is 57.2 Å². The highest BCUT2D eigenvalue weighted by Gasteiger charge is 2.37. The molecule has 0 bridgehead atoms. The number of fused-ring (bicyclic) bond motifs is 1. The van der Waals surface area contributed by atoms with E-state index in [-0.39, 0.29) is 30.7 Å². The number of imidazole rings is 1. The van der Waals surface area contributed by atoms with Gasteiger partial charge in [-0.05, 0) is 41.2 Å². The number of methoxy groups -OCH3 is 1. The number of hydrogen-bond donors (Lipinski definition) is 2. The molecule has 1 aromatic heterocycles. The molecule has 0 radical (unpaired) electrons. The third-order valence-electron chi connectivity index (χ3n) is 7.16. The molecule has 0 aliphatic carbocycles. The molecule has 3 aromatic rings. The van der Waals surface area contributed by atoms with Crippen molar-refractivity contribution in [2.24, 2.45) is 0 Å². The smallest absolute Gasteiger partial charge is 0.325 e. The van der Waals surface area contributed by atoms with Crippen LogP contribution in [0, 0.1) is 0 Å². The Morgan fingerprint density at radius 3 is 2.31 bits per heavy atom. The lowest BCUT2D eigenvalue weighted by Gasteiger charge is -2.35. The molecule has 0 fully saturated rings. The highest BCUT2D eigenvalue weighted by molar-refractivity contribution is 5.91. The van der Waals surface area contributed by atoms with E-state index in [9.17, 15) is 19.5 Å². The number of aliphatic carboxylic acids is 1. The monoisotopic (exact) mass is 532 g/mol. The zero-order chi connectivity index (χ0) is 28.3. The van der Waals surface area contributed by atoms with Crippen LogP contribution in [0.3, 0.4) is 0 Å². The zero-order valence-electron chi connectivity index (χ0n) is 23.1. The van der Waals surface area contributed by atoms with E-state index in [0.29, 0.717) is 12.3 Å². The number of carbonyl (C=O) groups excluding carboxylic acids is 2. The summed E-state index contributed by atoms with van der Waals surface area (Å²) in [5.74, 6) is -1.19. The first kappa shape index (κ1) is 27.9. The van der Waals surface area contributed by atoms with E-state index in [1.807, 2.05) is 16.7 Å². The number of nitrogens with zero attached hydrogens (tertiary/aromatic N) is 3. The third kappa shape index (κ3) is 6.47. The molecule has 2 aromatic carbocycles. The van der Waals surface area contributed by atoms with Gasteiger partial charge in [0.2, 0.25) is 11.8 Å². The van der Waals surface area contributed by atoms with Gasteiger partial charge in [-0.15, -0.1) is 0 Å². The summed E-state index contributed by atoms with van der Waals surface area (Å²) in [5.41, 5.74) is 4.81. The van der Waals surface area contributed by atoms with Crippen molar-refractivity contribution in [1.29, 1.82) is 0 Å². The Balaban J connectivity index is 1.59. The molecule has 1 aliphatic heterocycles. The Hall–Kier alpha value is -4.14. The second-order valence-corrected chi connectivity index (χ2v) is 11.0. The van der Waals surface area contributed by atoms with Crippen molar-refractivity contribution in [3.05, 3.63) is 82.9 Å². The minimum Gasteiger partial charge on any atom is -0.497 e. The molecule has 2 amide bonds. The molecule has 4 rings (SSSR count). The molecule has 206 valence electrons. The average Bonchev–Trinajstić information content (AvgIpc) is 3.29. The Kier molecular flexibility index (Phi) is 8.09. The van der Waals surface area contributed by atoms with E-state index in [2.05, 4.69) is 55.3 Å². The van der Waals surface area contributed by atoms with Crippen LogP contribution < -0.4 is 10.1 Å². The van der Waals surface area contributed by atoms with Crippen LogP contribution in [0.1, 0.15) is 55.8 Å². The van der Waals surface area contributed by atoms with Crippen LogP contribution in [0.2, 0.25) is 0 Å². The minimum absolute atomic E-state index is 0.0607. The van der Waals surface area contributed by atoms with Gasteiger partial charge in [-0.25, -0.2) is 4.98 Å². The van der Waals surface area contributed by atoms with Crippen molar-refractivity contribution in [1.82, 2.24) is 19.8 Å². The van der Waals surface area contributed by atoms with E-state index >= 15 is 0 Å². The highest BCUT2D eigenvalue weighted by atomic mass is 16.5. The van der Waals surface area contributed by atoms with Crippen LogP contribution in [-0.2, 0) is 45.7 Å². The Morgan fingerprint density at radius 2 is 1.72 bits per heavy atom. The molecule has 2 atom stereocenters. The zero-order valence-corrected chi connectivity index (χ0v) is 23.1. The molecule has 39 heavy (non-hydrogen) atoms. The lowest BCUT2D eigenvalue weighted by molar-refractivity contribution is -0.145. The van der Waals surface area contributed by atoms with E-state index in [0.717, 1.165) is 22.5 Å². The molecular weight excluding hydrogens is 496 g/mol. The first-order valence-corrected chi connectivity index (χ1v) is 13.0. The van der Waals surface area contributed by atoms with E-state index < -0.39 is 24.0 Å². The second-order valence-electron chi connectivity index (χ2n) is 11.0. The van der Waals surface area contributed by atoms with Crippen molar-refractivity contribution in [2.75, 3.05) is 7.11 Å². The average molecular weight is 533 g/mol. The summed E-state index contributed by atoms with van der Waals surface area (Å²) in [6, 6.07) is 13.7. The van der Waals surface area contributed by atoms with Gasteiger partial charge < -0.3 is 24.6 Å². The molecule has 2 unspecified atom stereocenters. The van der Waals surface area contributed by atoms with Crippen molar-refractivity contribution < 1.29 is 24.2 Å². The lowest BCUT2D eigenvalue weighted by atomic mass is 9.87. The van der Waals surface area contributed by atoms with E-state index in [1.54, 1.807) is 25.6 Å². The summed E-state index contributed by atoms with van der Waals surface area (Å²) in [7, 11) is 1.58. The molecule has 0 saturated carbocycles. The summed E-state index contributed by atoms with van der Waals surface area (Å²) in [6.45, 7) is 8.71. The van der Waals surface area contributed by atoms with Gasteiger partial charge in [0, 0.05) is 13.0 Å². The van der Waals surface area contributed by atoms with Gasteiger partial charge in [0.05, 0.1) is 37.8 Å². The van der Waals surface area contributed by atoms with Gasteiger partial charge in [0.15, 0.2) is 0 Å². The quantitative estimate of drug-likeness (QED) is 0.460. The lowest BCUT2D eigenvalue weighted by Crippen LogP contribution is -2.55. The molecule has 9 nitrogen and oxygen atoms in total. The van der Waals surface area contributed by atoms with E-state index in [4.69, 9.17) is 4.74 Å². The predicted molar refractivity (Wildman–Crippen MR) is 146 cm³/mol. The van der Waals surface area contributed by atoms with Crippen LogP contribution in [0.4, 0.5) is 0 Å². The highest BCUT2D eigenvalue weighted by Crippen LogP contribution is 2.26. The van der Waals surface area contributed by atoms with Gasteiger partial charge in [0.1, 0.15) is 17.8 Å². The van der Waals surface area contributed by atoms with Gasteiger partial charge in [-0.2, -0.15) is 0 Å². The number of benzene rings is 2. The fraction of sp³-hybridized carbons (Fsp3) is 0.400. The number of aromatic nitrogens is 2. The first-order valence-electron chi connectivity index (χ1n) is 13.0. The number of amides is 2. The summed E-state index contributed by atoms with van der Waals surface area (Å²) >= 11 is 0. The number of carboxylic acid groups (broad SMARTS) is 1. The van der Waals surface area contributed by atoms with Crippen molar-refractivity contribution in [2.45, 2.75) is 71.1 Å². The number of carboxylic acids is 1. The van der Waals surface area contributed by atoms with Crippen molar-refractivity contribution in [3.63, 3.8) is 0 Å². The molecule has 1 aliphatic rings. The summed E-state index contributed by atoms with van der Waals surface area (Å²) in [4.78, 5) is 44.2. The van der Waals surface area contributed by atoms with Crippen molar-refractivity contribution >= 4 is 17.8 Å². The normalized spacial score (nSPS) is 15.8. The van der Waals surface area contributed by atoms with Gasteiger partial charge >= 0.3 is 5.97 Å². The summed E-state index contributed by atoms with van der Waals surface area (Å²) in [6.07, 6.45) is 2.05. The Morgan fingerprint density at radius 1 is 1.08 bits per heavy atom. The molecule has 0 saturated heterocycles. The number of rotatable bonds is 8. The summed E-state index contributed by atoms with van der Waals surface area (Å²) < 4.78 is 7.22. The van der Waals surface area contributed by atoms with Crippen LogP contribution in [0.15, 0.2) is 54.9 Å². The standard InChI is InChI=1S/C30H36N4O5/c1-19(29(37)38)32-28(36)25-15-24-26(17-34(25)27(35)14-20-8-12-23(39-5)13-9-20)33(18-31-24)16-21-6-10-22(11-7-21)30(2,3)4/h6-13,18-19,25H,14-17H2,1-5H3,(H,32,36)(H,37,38). The predicted octanol–water partition coefficient (Wildman–Crippen LogP) is 3.32. The number of carbonyl (C=O) groups is 3. The SMILES string of the molecule is COc1ccc(CC(=O)N2Cc3c(ncn3Cc3ccc(C(C)(C)C)cc3)CC2C(=O)NC(C)C(=O)O)cc1. The maximum absolute atomic E-state index is 13.6. The molecule has 2 heterocycles. The van der Waals surface area contributed by atoms with Gasteiger partial charge in [-0.3, -0.25) is 14.4 Å². The number of hydrogen-bond acceptors (Lipinski definition) is 5. The topological polar surface area (TPSA) is 114 Å². The van der Waals surface area contributed by atoms with Crippen LogP contribution >= 0.6 is 0 Å². The fourth-order valence-corrected chi connectivity index (χ4v) is 4.70. The maximum atomic E-state index is 13.6. The molecule has 0 spiro atoms. The fourth-order valence-electron chi connectivity index (χ4n) is 4.70. The van der Waals surface area contributed by atoms with Crippen LogP contribution in [0.5, 0.6) is 5.75 Å². The van der Waals surface area contributed by atoms with E-state index in [1.165, 1.54) is 17.4 Å². The molecule has 9 heteroatoms. The summed E-state index contributed by atoms with van der Waals surface area (Å²) in [5, 5.41) is 11.8. The molecule has 2 N–H and O–H groups in total. The Bertz CT molecular complexity index is 1340. The Labute approximate surface area is 228 Å².